The van der Waals surface area contributed by atoms with Gasteiger partial charge in [-0.15, -0.1) is 0 Å². The molecule has 1 aromatic carbocycles. The number of aldehydes is 1. The minimum atomic E-state index is -0.379. The molecule has 1 heterocycles. The molecule has 0 atom stereocenters. The Morgan fingerprint density at radius 1 is 1.17 bits per heavy atom. The maximum atomic E-state index is 12.6. The van der Waals surface area contributed by atoms with E-state index < -0.39 is 0 Å². The number of aromatic nitrogens is 2. The van der Waals surface area contributed by atoms with Gasteiger partial charge >= 0.3 is 0 Å². The van der Waals surface area contributed by atoms with E-state index in [1.54, 1.807) is 25.4 Å². The largest absolute Gasteiger partial charge is 0.404 e. The van der Waals surface area contributed by atoms with Crippen molar-refractivity contribution in [2.75, 3.05) is 12.4 Å². The molecule has 7 nitrogen and oxygen atoms in total. The predicted octanol–water partition coefficient (Wildman–Crippen LogP) is 2.94. The van der Waals surface area contributed by atoms with Gasteiger partial charge in [-0.05, 0) is 41.7 Å². The van der Waals surface area contributed by atoms with Gasteiger partial charge in [0, 0.05) is 30.6 Å². The van der Waals surface area contributed by atoms with Crippen molar-refractivity contribution >= 4 is 23.7 Å². The number of hydrogen-bond donors (Lipinski definition) is 3. The average Bonchev–Trinajstić information content (AvgIpc) is 2.71. The van der Waals surface area contributed by atoms with Crippen LogP contribution in [0, 0.1) is 6.92 Å². The molecule has 7 heteroatoms. The van der Waals surface area contributed by atoms with Crippen molar-refractivity contribution in [1.29, 1.82) is 0 Å². The second-order valence-electron chi connectivity index (χ2n) is 7.60. The molecule has 1 amide bonds. The number of anilines is 1. The molecule has 0 aliphatic rings. The van der Waals surface area contributed by atoms with Gasteiger partial charge < -0.3 is 16.4 Å². The third-order valence-electron chi connectivity index (χ3n) is 4.36. The summed E-state index contributed by atoms with van der Waals surface area (Å²) in [5, 5.41) is 5.48. The number of hydrogen-bond acceptors (Lipinski definition) is 6. The van der Waals surface area contributed by atoms with Crippen molar-refractivity contribution in [3.8, 4) is 0 Å². The molecule has 0 saturated heterocycles. The van der Waals surface area contributed by atoms with Crippen molar-refractivity contribution in [2.45, 2.75) is 33.1 Å². The zero-order chi connectivity index (χ0) is 21.6. The van der Waals surface area contributed by atoms with Crippen molar-refractivity contribution < 1.29 is 9.59 Å². The topological polar surface area (TPSA) is 110 Å². The van der Waals surface area contributed by atoms with Crippen LogP contribution in [0.1, 0.15) is 48.0 Å². The summed E-state index contributed by atoms with van der Waals surface area (Å²) in [6, 6.07) is 7.31. The summed E-state index contributed by atoms with van der Waals surface area (Å²) in [6.45, 7) is 8.14. The van der Waals surface area contributed by atoms with Crippen LogP contribution in [-0.4, -0.2) is 29.2 Å². The van der Waals surface area contributed by atoms with Gasteiger partial charge in [-0.2, -0.15) is 0 Å². The summed E-state index contributed by atoms with van der Waals surface area (Å²) in [5.41, 5.74) is 9.24. The maximum Gasteiger partial charge on any atom is 0.255 e. The van der Waals surface area contributed by atoms with E-state index >= 15 is 0 Å². The minimum absolute atomic E-state index is 0.00864. The summed E-state index contributed by atoms with van der Waals surface area (Å²) in [5.74, 6) is 0.0458. The SMILES string of the molecule is CNc1ncc(C)c(C(/C=C(\C=O)NC(=O)c2ccc(C(C)(C)C)cc2)=C/N)n1. The highest BCUT2D eigenvalue weighted by Crippen LogP contribution is 2.22. The Balaban J connectivity index is 2.27. The van der Waals surface area contributed by atoms with Crippen LogP contribution in [0.5, 0.6) is 0 Å². The van der Waals surface area contributed by atoms with Crippen LogP contribution < -0.4 is 16.4 Å². The molecule has 29 heavy (non-hydrogen) atoms. The number of amides is 1. The lowest BCUT2D eigenvalue weighted by atomic mass is 9.87. The van der Waals surface area contributed by atoms with Gasteiger partial charge in [0.1, 0.15) is 0 Å². The van der Waals surface area contributed by atoms with Crippen molar-refractivity contribution in [1.82, 2.24) is 15.3 Å². The Hall–Kier alpha value is -3.48. The number of nitrogens with two attached hydrogens (primary N) is 1. The van der Waals surface area contributed by atoms with Crippen LogP contribution in [0.4, 0.5) is 5.95 Å². The van der Waals surface area contributed by atoms with E-state index in [0.717, 1.165) is 11.1 Å². The van der Waals surface area contributed by atoms with E-state index in [4.69, 9.17) is 5.73 Å². The summed E-state index contributed by atoms with van der Waals surface area (Å²) in [7, 11) is 1.71. The molecule has 0 fully saturated rings. The quantitative estimate of drug-likeness (QED) is 0.395. The van der Waals surface area contributed by atoms with Gasteiger partial charge in [0.25, 0.3) is 5.91 Å². The molecule has 1 aromatic heterocycles. The zero-order valence-electron chi connectivity index (χ0n) is 17.4. The molecule has 2 rings (SSSR count). The Morgan fingerprint density at radius 3 is 2.34 bits per heavy atom. The number of nitrogens with one attached hydrogen (secondary N) is 2. The van der Waals surface area contributed by atoms with E-state index in [9.17, 15) is 9.59 Å². The second-order valence-corrected chi connectivity index (χ2v) is 7.60. The lowest BCUT2D eigenvalue weighted by Gasteiger charge is -2.19. The summed E-state index contributed by atoms with van der Waals surface area (Å²) in [4.78, 5) is 32.6. The highest BCUT2D eigenvalue weighted by molar-refractivity contribution is 5.99. The van der Waals surface area contributed by atoms with Gasteiger partial charge in [-0.25, -0.2) is 9.97 Å². The van der Waals surface area contributed by atoms with Gasteiger partial charge in [0.05, 0.1) is 11.4 Å². The maximum absolute atomic E-state index is 12.6. The fraction of sp³-hybridized carbons (Fsp3) is 0.273. The number of rotatable bonds is 6. The highest BCUT2D eigenvalue weighted by Gasteiger charge is 2.15. The molecule has 152 valence electrons. The molecule has 0 aliphatic carbocycles. The van der Waals surface area contributed by atoms with Crippen LogP contribution in [-0.2, 0) is 10.2 Å². The van der Waals surface area contributed by atoms with Crippen molar-refractivity contribution in [3.63, 3.8) is 0 Å². The number of allylic oxidation sites excluding steroid dienone is 3. The molecule has 2 aromatic rings. The van der Waals surface area contributed by atoms with E-state index in [1.807, 2.05) is 19.1 Å². The fourth-order valence-electron chi connectivity index (χ4n) is 2.64. The summed E-state index contributed by atoms with van der Waals surface area (Å²) >= 11 is 0. The van der Waals surface area contributed by atoms with E-state index in [1.165, 1.54) is 12.3 Å². The first-order valence-electron chi connectivity index (χ1n) is 9.22. The smallest absolute Gasteiger partial charge is 0.255 e. The predicted molar refractivity (Wildman–Crippen MR) is 115 cm³/mol. The molecular formula is C22H27N5O2. The lowest BCUT2D eigenvalue weighted by Crippen LogP contribution is -2.24. The minimum Gasteiger partial charge on any atom is -0.404 e. The van der Waals surface area contributed by atoms with Crippen molar-refractivity contribution in [3.05, 3.63) is 70.8 Å². The number of benzene rings is 1. The fourth-order valence-corrected chi connectivity index (χ4v) is 2.64. The zero-order valence-corrected chi connectivity index (χ0v) is 17.4. The van der Waals surface area contributed by atoms with Crippen LogP contribution in [0.25, 0.3) is 5.57 Å². The van der Waals surface area contributed by atoms with Crippen LogP contribution in [0.3, 0.4) is 0 Å². The highest BCUT2D eigenvalue weighted by atomic mass is 16.2. The normalized spacial score (nSPS) is 12.4. The number of aryl methyl sites for hydroxylation is 1. The first-order chi connectivity index (χ1) is 13.7. The first kappa shape index (κ1) is 21.8. The summed E-state index contributed by atoms with van der Waals surface area (Å²) < 4.78 is 0. The number of carbonyl (C=O) groups is 2. The van der Waals surface area contributed by atoms with Crippen LogP contribution in [0.2, 0.25) is 0 Å². The molecule has 0 saturated carbocycles. The Morgan fingerprint density at radius 2 is 1.83 bits per heavy atom. The van der Waals surface area contributed by atoms with Gasteiger partial charge in [0.15, 0.2) is 6.29 Å². The molecule has 0 radical (unpaired) electrons. The van der Waals surface area contributed by atoms with Gasteiger partial charge in [0.2, 0.25) is 5.95 Å². The third kappa shape index (κ3) is 5.51. The summed E-state index contributed by atoms with van der Waals surface area (Å²) in [6.07, 6.45) is 5.05. The van der Waals surface area contributed by atoms with Crippen LogP contribution >= 0.6 is 0 Å². The Kier molecular flexibility index (Phi) is 6.88. The van der Waals surface area contributed by atoms with Gasteiger partial charge in [-0.3, -0.25) is 9.59 Å². The Bertz CT molecular complexity index is 954. The standard InChI is InChI=1S/C22H27N5O2/c1-14-12-25-21(24-5)27-19(14)16(11-23)10-18(13-28)26-20(29)15-6-8-17(9-7-15)22(2,3)4/h6-13H,23H2,1-5H3,(H,26,29)(H,24,25,27)/b16-11+,18-10+. The molecule has 0 bridgehead atoms. The molecule has 0 unspecified atom stereocenters. The van der Waals surface area contributed by atoms with Gasteiger partial charge in [-0.1, -0.05) is 32.9 Å². The number of nitrogens with zero attached hydrogens (tertiary/aromatic N) is 2. The Labute approximate surface area is 171 Å². The van der Waals surface area contributed by atoms with E-state index in [-0.39, 0.29) is 17.0 Å². The second kappa shape index (κ2) is 9.14. The molecule has 0 aliphatic heterocycles. The average molecular weight is 393 g/mol. The molecular weight excluding hydrogens is 366 g/mol. The van der Waals surface area contributed by atoms with E-state index in [0.29, 0.717) is 29.1 Å². The molecule has 4 N–H and O–H groups in total. The van der Waals surface area contributed by atoms with Crippen LogP contribution in [0.15, 0.2) is 48.4 Å². The number of carbonyl (C=O) groups excluding carboxylic acids is 2. The van der Waals surface area contributed by atoms with E-state index in [2.05, 4.69) is 41.4 Å². The monoisotopic (exact) mass is 393 g/mol. The third-order valence-corrected chi connectivity index (χ3v) is 4.36. The first-order valence-corrected chi connectivity index (χ1v) is 9.22. The lowest BCUT2D eigenvalue weighted by molar-refractivity contribution is -0.105. The van der Waals surface area contributed by atoms with Crippen molar-refractivity contribution in [2.24, 2.45) is 5.73 Å². The molecule has 0 spiro atoms.